The van der Waals surface area contributed by atoms with E-state index in [-0.39, 0.29) is 19.4 Å². The van der Waals surface area contributed by atoms with Crippen LogP contribution in [0.1, 0.15) is 25.7 Å². The SMILES string of the molecule is CO.N.OCCCCCCO. The van der Waals surface area contributed by atoms with Crippen LogP contribution in [0.5, 0.6) is 0 Å². The molecule has 0 bridgehead atoms. The molecule has 0 atom stereocenters. The molecule has 0 spiro atoms. The molecule has 4 nitrogen and oxygen atoms in total. The van der Waals surface area contributed by atoms with Gasteiger partial charge < -0.3 is 21.5 Å². The Hall–Kier alpha value is -0.160. The lowest BCUT2D eigenvalue weighted by molar-refractivity contribution is 0.265. The molecular weight excluding hydrogens is 146 g/mol. The van der Waals surface area contributed by atoms with Crippen LogP contribution in [-0.4, -0.2) is 35.6 Å². The van der Waals surface area contributed by atoms with Crippen LogP contribution in [0.15, 0.2) is 0 Å². The van der Waals surface area contributed by atoms with Crippen LogP contribution in [-0.2, 0) is 0 Å². The molecule has 0 heterocycles. The van der Waals surface area contributed by atoms with Crippen LogP contribution >= 0.6 is 0 Å². The molecule has 0 saturated heterocycles. The standard InChI is InChI=1S/C6H14O2.CH4O.H3N/c7-5-3-1-2-4-6-8;1-2;/h7-8H,1-6H2;2H,1H3;1H3. The lowest BCUT2D eigenvalue weighted by atomic mass is 10.2. The van der Waals surface area contributed by atoms with Crippen molar-refractivity contribution >= 4 is 0 Å². The molecule has 0 aliphatic carbocycles. The van der Waals surface area contributed by atoms with Crippen molar-refractivity contribution in [2.24, 2.45) is 0 Å². The maximum absolute atomic E-state index is 8.30. The van der Waals surface area contributed by atoms with Crippen molar-refractivity contribution < 1.29 is 15.3 Å². The fourth-order valence-electron chi connectivity index (χ4n) is 0.577. The van der Waals surface area contributed by atoms with Gasteiger partial charge in [0.25, 0.3) is 0 Å². The summed E-state index contributed by atoms with van der Waals surface area (Å²) >= 11 is 0. The number of unbranched alkanes of at least 4 members (excludes halogenated alkanes) is 3. The molecule has 0 rings (SSSR count). The molecule has 0 aliphatic rings. The van der Waals surface area contributed by atoms with Crippen molar-refractivity contribution in [3.05, 3.63) is 0 Å². The van der Waals surface area contributed by atoms with Crippen LogP contribution in [0.25, 0.3) is 0 Å². The Kier molecular flexibility index (Phi) is 35.0. The number of aliphatic hydroxyl groups is 3. The fourth-order valence-corrected chi connectivity index (χ4v) is 0.577. The maximum atomic E-state index is 8.30. The molecule has 0 amide bonds. The molecular formula is C7H21NO3. The molecule has 0 saturated carbocycles. The van der Waals surface area contributed by atoms with Crippen molar-refractivity contribution in [3.8, 4) is 0 Å². The molecule has 0 aromatic carbocycles. The Morgan fingerprint density at radius 1 is 0.727 bits per heavy atom. The third-order valence-corrected chi connectivity index (χ3v) is 1.07. The zero-order valence-electron chi connectivity index (χ0n) is 7.29. The van der Waals surface area contributed by atoms with Gasteiger partial charge in [-0.2, -0.15) is 0 Å². The Bertz CT molecular complexity index is 38.7. The Labute approximate surface area is 68.5 Å². The third-order valence-electron chi connectivity index (χ3n) is 1.07. The van der Waals surface area contributed by atoms with Gasteiger partial charge in [-0.05, 0) is 12.8 Å². The van der Waals surface area contributed by atoms with Crippen LogP contribution in [0.2, 0.25) is 0 Å². The molecule has 0 radical (unpaired) electrons. The monoisotopic (exact) mass is 167 g/mol. The van der Waals surface area contributed by atoms with Gasteiger partial charge in [0.15, 0.2) is 0 Å². The van der Waals surface area contributed by atoms with Crippen molar-refractivity contribution in [2.75, 3.05) is 20.3 Å². The zero-order chi connectivity index (χ0) is 8.24. The highest BCUT2D eigenvalue weighted by Crippen LogP contribution is 1.96. The van der Waals surface area contributed by atoms with Gasteiger partial charge in [0, 0.05) is 20.3 Å². The zero-order valence-corrected chi connectivity index (χ0v) is 7.29. The second kappa shape index (κ2) is 22.5. The Morgan fingerprint density at radius 2 is 1.00 bits per heavy atom. The minimum absolute atomic E-state index is 0. The average molecular weight is 167 g/mol. The van der Waals surface area contributed by atoms with Gasteiger partial charge in [0.2, 0.25) is 0 Å². The summed E-state index contributed by atoms with van der Waals surface area (Å²) in [6, 6.07) is 0. The van der Waals surface area contributed by atoms with E-state index in [2.05, 4.69) is 0 Å². The highest BCUT2D eigenvalue weighted by atomic mass is 16.3. The summed E-state index contributed by atoms with van der Waals surface area (Å²) < 4.78 is 0. The summed E-state index contributed by atoms with van der Waals surface area (Å²) in [6.45, 7) is 0.566. The predicted molar refractivity (Wildman–Crippen MR) is 45.8 cm³/mol. The van der Waals surface area contributed by atoms with E-state index in [0.717, 1.165) is 32.8 Å². The van der Waals surface area contributed by atoms with E-state index in [1.165, 1.54) is 0 Å². The smallest absolute Gasteiger partial charge is 0.0431 e. The van der Waals surface area contributed by atoms with Crippen molar-refractivity contribution in [1.29, 1.82) is 0 Å². The first-order valence-corrected chi connectivity index (χ1v) is 3.58. The fraction of sp³-hybridized carbons (Fsp3) is 1.00. The first-order chi connectivity index (χ1) is 4.91. The van der Waals surface area contributed by atoms with Gasteiger partial charge in [-0.25, -0.2) is 0 Å². The van der Waals surface area contributed by atoms with Gasteiger partial charge in [-0.3, -0.25) is 0 Å². The Morgan fingerprint density at radius 3 is 1.18 bits per heavy atom. The van der Waals surface area contributed by atoms with E-state index in [4.69, 9.17) is 15.3 Å². The molecule has 72 valence electrons. The summed E-state index contributed by atoms with van der Waals surface area (Å²) in [6.07, 6.45) is 3.83. The predicted octanol–water partition coefficient (Wildman–Crippen LogP) is 0.302. The molecule has 0 unspecified atom stereocenters. The van der Waals surface area contributed by atoms with Crippen LogP contribution in [0.3, 0.4) is 0 Å². The number of hydrogen-bond donors (Lipinski definition) is 4. The number of aliphatic hydroxyl groups excluding tert-OH is 3. The van der Waals surface area contributed by atoms with E-state index in [0.29, 0.717) is 0 Å². The summed E-state index contributed by atoms with van der Waals surface area (Å²) in [4.78, 5) is 0. The molecule has 0 aliphatic heterocycles. The number of hydrogen-bond acceptors (Lipinski definition) is 4. The van der Waals surface area contributed by atoms with Crippen molar-refractivity contribution in [2.45, 2.75) is 25.7 Å². The van der Waals surface area contributed by atoms with Gasteiger partial charge in [0.1, 0.15) is 0 Å². The topological polar surface area (TPSA) is 95.7 Å². The summed E-state index contributed by atoms with van der Waals surface area (Å²) in [5.41, 5.74) is 0. The molecule has 4 heteroatoms. The largest absolute Gasteiger partial charge is 0.400 e. The minimum Gasteiger partial charge on any atom is -0.400 e. The van der Waals surface area contributed by atoms with Gasteiger partial charge >= 0.3 is 0 Å². The highest BCUT2D eigenvalue weighted by molar-refractivity contribution is 4.39. The van der Waals surface area contributed by atoms with Crippen molar-refractivity contribution in [1.82, 2.24) is 6.15 Å². The second-order valence-corrected chi connectivity index (χ2v) is 1.86. The normalized spacial score (nSPS) is 7.64. The van der Waals surface area contributed by atoms with E-state index in [1.54, 1.807) is 0 Å². The van der Waals surface area contributed by atoms with E-state index in [1.807, 2.05) is 0 Å². The van der Waals surface area contributed by atoms with Crippen molar-refractivity contribution in [3.63, 3.8) is 0 Å². The highest BCUT2D eigenvalue weighted by Gasteiger charge is 1.84. The number of rotatable bonds is 5. The minimum atomic E-state index is 0. The van der Waals surface area contributed by atoms with Gasteiger partial charge in [-0.1, -0.05) is 12.8 Å². The van der Waals surface area contributed by atoms with E-state index in [9.17, 15) is 0 Å². The molecule has 6 N–H and O–H groups in total. The second-order valence-electron chi connectivity index (χ2n) is 1.86. The Balaban J connectivity index is -0.000000196. The van der Waals surface area contributed by atoms with Gasteiger partial charge in [-0.15, -0.1) is 0 Å². The first kappa shape index (κ1) is 17.1. The summed E-state index contributed by atoms with van der Waals surface area (Å²) in [5, 5.41) is 23.6. The molecule has 0 aromatic rings. The van der Waals surface area contributed by atoms with E-state index >= 15 is 0 Å². The first-order valence-electron chi connectivity index (χ1n) is 3.58. The maximum Gasteiger partial charge on any atom is 0.0431 e. The molecule has 11 heavy (non-hydrogen) atoms. The summed E-state index contributed by atoms with van der Waals surface area (Å²) in [5.74, 6) is 0. The molecule has 0 aromatic heterocycles. The van der Waals surface area contributed by atoms with Crippen LogP contribution < -0.4 is 6.15 Å². The lowest BCUT2D eigenvalue weighted by Gasteiger charge is -1.93. The lowest BCUT2D eigenvalue weighted by Crippen LogP contribution is -1.85. The average Bonchev–Trinajstić information content (AvgIpc) is 2.02. The molecule has 0 fully saturated rings. The summed E-state index contributed by atoms with van der Waals surface area (Å²) in [7, 11) is 1.00. The van der Waals surface area contributed by atoms with Crippen LogP contribution in [0, 0.1) is 0 Å². The quantitative estimate of drug-likeness (QED) is 0.443. The van der Waals surface area contributed by atoms with E-state index < -0.39 is 0 Å². The van der Waals surface area contributed by atoms with Gasteiger partial charge in [0.05, 0.1) is 0 Å². The van der Waals surface area contributed by atoms with Crippen LogP contribution in [0.4, 0.5) is 0 Å². The third kappa shape index (κ3) is 25.8.